The minimum atomic E-state index is 0. The molecule has 0 amide bonds. The van der Waals surface area contributed by atoms with E-state index in [0.717, 1.165) is 49.8 Å². The molecule has 0 spiro atoms. The van der Waals surface area contributed by atoms with E-state index in [2.05, 4.69) is 34.3 Å². The van der Waals surface area contributed by atoms with Crippen LogP contribution in [0.5, 0.6) is 0 Å². The lowest BCUT2D eigenvalue weighted by molar-refractivity contribution is 0.141. The number of oxazole rings is 1. The van der Waals surface area contributed by atoms with Crippen molar-refractivity contribution in [2.45, 2.75) is 38.8 Å². The third kappa shape index (κ3) is 5.49. The van der Waals surface area contributed by atoms with Crippen molar-refractivity contribution in [1.29, 1.82) is 0 Å². The van der Waals surface area contributed by atoms with Gasteiger partial charge in [0, 0.05) is 11.6 Å². The molecule has 0 bridgehead atoms. The van der Waals surface area contributed by atoms with Gasteiger partial charge in [-0.05, 0) is 38.9 Å². The van der Waals surface area contributed by atoms with Crippen molar-refractivity contribution in [3.63, 3.8) is 0 Å². The first-order valence-corrected chi connectivity index (χ1v) is 8.31. The molecule has 2 aromatic rings. The molecule has 0 aliphatic carbocycles. The molecule has 0 radical (unpaired) electrons. The van der Waals surface area contributed by atoms with E-state index in [1.807, 2.05) is 24.4 Å². The second kappa shape index (κ2) is 10.7. The van der Waals surface area contributed by atoms with Crippen molar-refractivity contribution in [1.82, 2.24) is 15.2 Å². The largest absolute Gasteiger partial charge is 0.439 e. The lowest BCUT2D eigenvalue weighted by Gasteiger charge is -2.33. The summed E-state index contributed by atoms with van der Waals surface area (Å²) in [6.07, 6.45) is 5.44. The summed E-state index contributed by atoms with van der Waals surface area (Å²) < 4.78 is 5.97. The monoisotopic (exact) mass is 371 g/mol. The summed E-state index contributed by atoms with van der Waals surface area (Å²) in [6.45, 7) is 6.38. The van der Waals surface area contributed by atoms with Gasteiger partial charge in [-0.3, -0.25) is 4.90 Å². The lowest BCUT2D eigenvalue weighted by atomic mass is 10.0. The minimum Gasteiger partial charge on any atom is -0.439 e. The summed E-state index contributed by atoms with van der Waals surface area (Å²) in [5.41, 5.74) is 1.09. The molecule has 24 heavy (non-hydrogen) atoms. The standard InChI is InChI=1S/C18H25N3O.2ClH/c1-2-12-21(16-8-10-19-11-9-16)14-18-20-13-17(22-18)15-6-4-3-5-7-15;;/h3-7,13,16,19H,2,8-12,14H2,1H3;2*1H. The Morgan fingerprint density at radius 1 is 1.17 bits per heavy atom. The molecule has 134 valence electrons. The van der Waals surface area contributed by atoms with E-state index >= 15 is 0 Å². The van der Waals surface area contributed by atoms with Crippen molar-refractivity contribution in [2.75, 3.05) is 19.6 Å². The second-order valence-electron chi connectivity index (χ2n) is 5.94. The SMILES string of the molecule is CCCN(Cc1ncc(-c2ccccc2)o1)C1CCNCC1.Cl.Cl. The number of hydrogen-bond acceptors (Lipinski definition) is 4. The minimum absolute atomic E-state index is 0. The van der Waals surface area contributed by atoms with Crippen LogP contribution in [0.3, 0.4) is 0 Å². The van der Waals surface area contributed by atoms with Crippen molar-refractivity contribution in [3.8, 4) is 11.3 Å². The predicted octanol–water partition coefficient (Wildman–Crippen LogP) is 4.15. The Labute approximate surface area is 156 Å². The third-order valence-corrected chi connectivity index (χ3v) is 4.29. The first kappa shape index (κ1) is 21.0. The molecule has 1 aliphatic heterocycles. The summed E-state index contributed by atoms with van der Waals surface area (Å²) in [5.74, 6) is 1.68. The van der Waals surface area contributed by atoms with Gasteiger partial charge in [-0.25, -0.2) is 4.98 Å². The van der Waals surface area contributed by atoms with Crippen LogP contribution in [0.1, 0.15) is 32.1 Å². The zero-order valence-corrected chi connectivity index (χ0v) is 15.7. The maximum absolute atomic E-state index is 5.97. The maximum Gasteiger partial charge on any atom is 0.209 e. The molecule has 0 unspecified atom stereocenters. The normalized spacial score (nSPS) is 14.9. The van der Waals surface area contributed by atoms with E-state index in [4.69, 9.17) is 4.42 Å². The van der Waals surface area contributed by atoms with Crippen molar-refractivity contribution in [3.05, 3.63) is 42.4 Å². The van der Waals surface area contributed by atoms with Crippen LogP contribution in [0.15, 0.2) is 40.9 Å². The summed E-state index contributed by atoms with van der Waals surface area (Å²) in [5, 5.41) is 3.44. The Kier molecular flexibility index (Phi) is 9.37. The highest BCUT2D eigenvalue weighted by Gasteiger charge is 2.22. The number of rotatable bonds is 6. The molecule has 1 aliphatic rings. The fourth-order valence-electron chi connectivity index (χ4n) is 3.14. The number of benzene rings is 1. The van der Waals surface area contributed by atoms with E-state index in [1.54, 1.807) is 0 Å². The topological polar surface area (TPSA) is 41.3 Å². The summed E-state index contributed by atoms with van der Waals surface area (Å²) >= 11 is 0. The van der Waals surface area contributed by atoms with Gasteiger partial charge < -0.3 is 9.73 Å². The first-order valence-electron chi connectivity index (χ1n) is 8.31. The van der Waals surface area contributed by atoms with Crippen LogP contribution >= 0.6 is 24.8 Å². The molecule has 2 heterocycles. The van der Waals surface area contributed by atoms with Gasteiger partial charge in [0.15, 0.2) is 5.76 Å². The zero-order chi connectivity index (χ0) is 15.2. The molecule has 1 fully saturated rings. The number of piperidine rings is 1. The molecule has 0 saturated carbocycles. The molecule has 1 aromatic carbocycles. The molecule has 1 N–H and O–H groups in total. The first-order chi connectivity index (χ1) is 10.9. The molecule has 0 atom stereocenters. The lowest BCUT2D eigenvalue weighted by Crippen LogP contribution is -2.43. The van der Waals surface area contributed by atoms with Gasteiger partial charge >= 0.3 is 0 Å². The van der Waals surface area contributed by atoms with Gasteiger partial charge in [-0.15, -0.1) is 24.8 Å². The van der Waals surface area contributed by atoms with Gasteiger partial charge in [0.2, 0.25) is 5.89 Å². The summed E-state index contributed by atoms with van der Waals surface area (Å²) in [7, 11) is 0. The molecule has 1 aromatic heterocycles. The van der Waals surface area contributed by atoms with Crippen LogP contribution in [-0.4, -0.2) is 35.6 Å². The molecular formula is C18H27Cl2N3O. The average molecular weight is 372 g/mol. The van der Waals surface area contributed by atoms with E-state index in [9.17, 15) is 0 Å². The molecule has 6 heteroatoms. The van der Waals surface area contributed by atoms with E-state index in [0.29, 0.717) is 6.04 Å². The van der Waals surface area contributed by atoms with Gasteiger partial charge in [0.1, 0.15) is 0 Å². The van der Waals surface area contributed by atoms with Crippen LogP contribution in [-0.2, 0) is 6.54 Å². The average Bonchev–Trinajstić information content (AvgIpc) is 3.05. The Hall–Kier alpha value is -1.07. The number of halogens is 2. The number of nitrogens with zero attached hydrogens (tertiary/aromatic N) is 2. The van der Waals surface area contributed by atoms with E-state index in [-0.39, 0.29) is 24.8 Å². The van der Waals surface area contributed by atoms with Gasteiger partial charge in [-0.2, -0.15) is 0 Å². The Morgan fingerprint density at radius 3 is 2.54 bits per heavy atom. The van der Waals surface area contributed by atoms with Crippen molar-refractivity contribution >= 4 is 24.8 Å². The quantitative estimate of drug-likeness (QED) is 0.827. The highest BCUT2D eigenvalue weighted by atomic mass is 35.5. The number of nitrogens with one attached hydrogen (secondary N) is 1. The maximum atomic E-state index is 5.97. The van der Waals surface area contributed by atoms with Crippen molar-refractivity contribution < 1.29 is 4.42 Å². The van der Waals surface area contributed by atoms with E-state index in [1.165, 1.54) is 12.8 Å². The van der Waals surface area contributed by atoms with Gasteiger partial charge in [0.25, 0.3) is 0 Å². The van der Waals surface area contributed by atoms with Crippen LogP contribution in [0, 0.1) is 0 Å². The fraction of sp³-hybridized carbons (Fsp3) is 0.500. The van der Waals surface area contributed by atoms with Gasteiger partial charge in [-0.1, -0.05) is 37.3 Å². The summed E-state index contributed by atoms with van der Waals surface area (Å²) in [4.78, 5) is 7.01. The number of hydrogen-bond donors (Lipinski definition) is 1. The third-order valence-electron chi connectivity index (χ3n) is 4.29. The second-order valence-corrected chi connectivity index (χ2v) is 5.94. The van der Waals surface area contributed by atoms with Crippen LogP contribution < -0.4 is 5.32 Å². The smallest absolute Gasteiger partial charge is 0.209 e. The number of aromatic nitrogens is 1. The summed E-state index contributed by atoms with van der Waals surface area (Å²) in [6, 6.07) is 10.8. The molecule has 3 rings (SSSR count). The Morgan fingerprint density at radius 2 is 1.88 bits per heavy atom. The predicted molar refractivity (Wildman–Crippen MR) is 103 cm³/mol. The highest BCUT2D eigenvalue weighted by Crippen LogP contribution is 2.22. The zero-order valence-electron chi connectivity index (χ0n) is 14.1. The highest BCUT2D eigenvalue weighted by molar-refractivity contribution is 5.85. The molecule has 4 nitrogen and oxygen atoms in total. The molecule has 1 saturated heterocycles. The molecular weight excluding hydrogens is 345 g/mol. The van der Waals surface area contributed by atoms with Crippen LogP contribution in [0.25, 0.3) is 11.3 Å². The van der Waals surface area contributed by atoms with Crippen LogP contribution in [0.2, 0.25) is 0 Å². The Balaban J connectivity index is 0.00000144. The fourth-order valence-corrected chi connectivity index (χ4v) is 3.14. The van der Waals surface area contributed by atoms with Crippen molar-refractivity contribution in [2.24, 2.45) is 0 Å². The van der Waals surface area contributed by atoms with E-state index < -0.39 is 0 Å². The van der Waals surface area contributed by atoms with Crippen LogP contribution in [0.4, 0.5) is 0 Å². The Bertz CT molecular complexity index is 571. The van der Waals surface area contributed by atoms with Gasteiger partial charge in [0.05, 0.1) is 12.7 Å².